The maximum atomic E-state index is 13.9. The molecule has 1 N–H and O–H groups in total. The molecule has 3 rings (SSSR count). The van der Waals surface area contributed by atoms with Gasteiger partial charge in [0.05, 0.1) is 11.4 Å². The van der Waals surface area contributed by atoms with Crippen LogP contribution in [0, 0.1) is 12.7 Å². The monoisotopic (exact) mass is 273 g/mol. The van der Waals surface area contributed by atoms with E-state index >= 15 is 0 Å². The summed E-state index contributed by atoms with van der Waals surface area (Å²) in [4.78, 5) is 4.77. The molecule has 0 unspecified atom stereocenters. The number of benzene rings is 1. The molecule has 1 aromatic carbocycles. The molecule has 106 valence electrons. The molecule has 1 aliphatic heterocycles. The normalized spacial score (nSPS) is 14.3. The highest BCUT2D eigenvalue weighted by atomic mass is 19.1. The quantitative estimate of drug-likeness (QED) is 0.932. The fourth-order valence-electron chi connectivity index (χ4n) is 2.88. The first-order valence-corrected chi connectivity index (χ1v) is 7.28. The molecule has 2 aromatic rings. The number of aromatic nitrogens is 2. The molecule has 0 fully saturated rings. The van der Waals surface area contributed by atoms with Crippen molar-refractivity contribution in [3.05, 3.63) is 46.8 Å². The molecule has 4 heteroatoms. The van der Waals surface area contributed by atoms with Gasteiger partial charge < -0.3 is 5.32 Å². The molecule has 0 saturated carbocycles. The second-order valence-electron chi connectivity index (χ2n) is 5.32. The fourth-order valence-corrected chi connectivity index (χ4v) is 2.88. The number of hydrogen-bond donors (Lipinski definition) is 1. The highest BCUT2D eigenvalue weighted by Crippen LogP contribution is 2.25. The van der Waals surface area contributed by atoms with Crippen LogP contribution in [0.15, 0.2) is 18.2 Å². The molecule has 1 aliphatic rings. The van der Waals surface area contributed by atoms with E-state index < -0.39 is 0 Å². The van der Waals surface area contributed by atoms with E-state index in [4.69, 9.17) is 4.98 Å². The van der Waals surface area contributed by atoms with Crippen molar-refractivity contribution in [1.82, 2.24) is 14.9 Å². The summed E-state index contributed by atoms with van der Waals surface area (Å²) in [7, 11) is 0. The number of rotatable bonds is 3. The number of nitrogens with zero attached hydrogens (tertiary/aromatic N) is 2. The van der Waals surface area contributed by atoms with Crippen molar-refractivity contribution in [1.29, 1.82) is 0 Å². The Balaban J connectivity index is 2.20. The van der Waals surface area contributed by atoms with E-state index in [9.17, 15) is 4.39 Å². The molecule has 3 nitrogen and oxygen atoms in total. The molecule has 0 saturated heterocycles. The molecular weight excluding hydrogens is 253 g/mol. The zero-order chi connectivity index (χ0) is 14.1. The maximum absolute atomic E-state index is 13.9. The minimum absolute atomic E-state index is 0.152. The van der Waals surface area contributed by atoms with Gasteiger partial charge in [0.2, 0.25) is 0 Å². The first-order chi connectivity index (χ1) is 9.72. The van der Waals surface area contributed by atoms with Crippen LogP contribution in [0.25, 0.3) is 5.69 Å². The Morgan fingerprint density at radius 1 is 1.40 bits per heavy atom. The van der Waals surface area contributed by atoms with Crippen LogP contribution in [0.3, 0.4) is 0 Å². The third-order valence-corrected chi connectivity index (χ3v) is 3.91. The van der Waals surface area contributed by atoms with Crippen molar-refractivity contribution in [2.45, 2.75) is 39.7 Å². The molecule has 0 atom stereocenters. The lowest BCUT2D eigenvalue weighted by atomic mass is 10.1. The molecule has 0 radical (unpaired) electrons. The molecular formula is C16H20FN3. The van der Waals surface area contributed by atoms with E-state index in [0.717, 1.165) is 49.6 Å². The topological polar surface area (TPSA) is 29.9 Å². The van der Waals surface area contributed by atoms with Crippen molar-refractivity contribution >= 4 is 0 Å². The van der Waals surface area contributed by atoms with Gasteiger partial charge in [-0.2, -0.15) is 0 Å². The molecule has 20 heavy (non-hydrogen) atoms. The van der Waals surface area contributed by atoms with Crippen LogP contribution in [0.2, 0.25) is 0 Å². The smallest absolute Gasteiger partial charge is 0.128 e. The molecule has 1 aromatic heterocycles. The molecule has 2 heterocycles. The summed E-state index contributed by atoms with van der Waals surface area (Å²) < 4.78 is 16.1. The predicted octanol–water partition coefficient (Wildman–Crippen LogP) is 2.92. The van der Waals surface area contributed by atoms with Crippen molar-refractivity contribution in [3.8, 4) is 5.69 Å². The highest BCUT2D eigenvalue weighted by Gasteiger charge is 2.21. The van der Waals surface area contributed by atoms with Crippen LogP contribution in [0.5, 0.6) is 0 Å². The van der Waals surface area contributed by atoms with Crippen LogP contribution >= 0.6 is 0 Å². The van der Waals surface area contributed by atoms with Gasteiger partial charge in [-0.3, -0.25) is 4.57 Å². The Kier molecular flexibility index (Phi) is 3.57. The molecule has 0 bridgehead atoms. The van der Waals surface area contributed by atoms with Crippen LogP contribution in [0.1, 0.15) is 36.1 Å². The zero-order valence-electron chi connectivity index (χ0n) is 12.0. The summed E-state index contributed by atoms with van der Waals surface area (Å²) in [6, 6.07) is 5.28. The van der Waals surface area contributed by atoms with Gasteiger partial charge in [0, 0.05) is 37.2 Å². The largest absolute Gasteiger partial charge is 0.311 e. The standard InChI is InChI=1S/C16H20FN3/c1-3-5-16-19-13-10-18-9-8-15(13)20(16)14-7-4-6-12(17)11(14)2/h4,6-7,18H,3,5,8-10H2,1-2H3. The highest BCUT2D eigenvalue weighted by molar-refractivity contribution is 5.45. The lowest BCUT2D eigenvalue weighted by Crippen LogP contribution is -2.25. The van der Waals surface area contributed by atoms with Gasteiger partial charge in [-0.25, -0.2) is 9.37 Å². The van der Waals surface area contributed by atoms with Gasteiger partial charge in [-0.1, -0.05) is 13.0 Å². The number of nitrogens with one attached hydrogen (secondary N) is 1. The summed E-state index contributed by atoms with van der Waals surface area (Å²) >= 11 is 0. The van der Waals surface area contributed by atoms with Crippen molar-refractivity contribution < 1.29 is 4.39 Å². The Labute approximate surface area is 118 Å². The van der Waals surface area contributed by atoms with Gasteiger partial charge in [-0.05, 0) is 25.5 Å². The Morgan fingerprint density at radius 3 is 3.05 bits per heavy atom. The van der Waals surface area contributed by atoms with E-state index in [0.29, 0.717) is 5.56 Å². The average molecular weight is 273 g/mol. The minimum atomic E-state index is -0.152. The average Bonchev–Trinajstić information content (AvgIpc) is 2.80. The summed E-state index contributed by atoms with van der Waals surface area (Å²) in [5, 5.41) is 3.35. The van der Waals surface area contributed by atoms with Gasteiger partial charge in [0.15, 0.2) is 0 Å². The first-order valence-electron chi connectivity index (χ1n) is 7.28. The first kappa shape index (κ1) is 13.3. The minimum Gasteiger partial charge on any atom is -0.311 e. The molecule has 0 amide bonds. The van der Waals surface area contributed by atoms with Crippen LogP contribution in [-0.2, 0) is 19.4 Å². The van der Waals surface area contributed by atoms with Crippen LogP contribution in [-0.4, -0.2) is 16.1 Å². The number of aryl methyl sites for hydroxylation is 1. The lowest BCUT2D eigenvalue weighted by molar-refractivity contribution is 0.609. The Bertz CT molecular complexity index is 631. The third-order valence-electron chi connectivity index (χ3n) is 3.91. The van der Waals surface area contributed by atoms with Crippen LogP contribution < -0.4 is 5.32 Å². The zero-order valence-corrected chi connectivity index (χ0v) is 12.0. The summed E-state index contributed by atoms with van der Waals surface area (Å²) in [5.74, 6) is 0.899. The van der Waals surface area contributed by atoms with Gasteiger partial charge in [-0.15, -0.1) is 0 Å². The SMILES string of the molecule is CCCc1nc2c(n1-c1cccc(F)c1C)CCNC2. The fraction of sp³-hybridized carbons (Fsp3) is 0.438. The van der Waals surface area contributed by atoms with Crippen LogP contribution in [0.4, 0.5) is 4.39 Å². The third kappa shape index (κ3) is 2.14. The van der Waals surface area contributed by atoms with E-state index in [2.05, 4.69) is 16.8 Å². The second-order valence-corrected chi connectivity index (χ2v) is 5.32. The second kappa shape index (κ2) is 5.37. The van der Waals surface area contributed by atoms with Gasteiger partial charge in [0.25, 0.3) is 0 Å². The van der Waals surface area contributed by atoms with Crippen molar-refractivity contribution in [2.24, 2.45) is 0 Å². The van der Waals surface area contributed by atoms with E-state index in [1.807, 2.05) is 13.0 Å². The summed E-state index contributed by atoms with van der Waals surface area (Å²) in [6.45, 7) is 5.76. The van der Waals surface area contributed by atoms with Gasteiger partial charge in [0.1, 0.15) is 11.6 Å². The van der Waals surface area contributed by atoms with Crippen molar-refractivity contribution in [3.63, 3.8) is 0 Å². The maximum Gasteiger partial charge on any atom is 0.128 e. The summed E-state index contributed by atoms with van der Waals surface area (Å²) in [5.41, 5.74) is 3.98. The lowest BCUT2D eigenvalue weighted by Gasteiger charge is -2.18. The van der Waals surface area contributed by atoms with E-state index in [1.165, 1.54) is 11.8 Å². The summed E-state index contributed by atoms with van der Waals surface area (Å²) in [6.07, 6.45) is 2.91. The number of imidazole rings is 1. The van der Waals surface area contributed by atoms with Gasteiger partial charge >= 0.3 is 0 Å². The van der Waals surface area contributed by atoms with E-state index in [1.54, 1.807) is 6.07 Å². The van der Waals surface area contributed by atoms with E-state index in [-0.39, 0.29) is 5.82 Å². The number of hydrogen-bond acceptors (Lipinski definition) is 2. The predicted molar refractivity (Wildman–Crippen MR) is 77.7 cm³/mol. The number of fused-ring (bicyclic) bond motifs is 1. The molecule has 0 aliphatic carbocycles. The number of halogens is 1. The Hall–Kier alpha value is -1.68. The van der Waals surface area contributed by atoms with Crippen molar-refractivity contribution in [2.75, 3.05) is 6.54 Å². The molecule has 0 spiro atoms. The Morgan fingerprint density at radius 2 is 2.25 bits per heavy atom.